The summed E-state index contributed by atoms with van der Waals surface area (Å²) >= 11 is 5.32. The molecule has 0 heterocycles. The van der Waals surface area contributed by atoms with E-state index >= 15 is 0 Å². The molecule has 0 radical (unpaired) electrons. The van der Waals surface area contributed by atoms with Crippen molar-refractivity contribution in [2.45, 2.75) is 26.3 Å². The number of sulfonamides is 1. The molecule has 0 aromatic rings. The molecular formula is C6H9ClF3NO2S. The van der Waals surface area contributed by atoms with E-state index in [0.29, 0.717) is 0 Å². The van der Waals surface area contributed by atoms with Crippen LogP contribution in [0.3, 0.4) is 0 Å². The molecule has 0 saturated heterocycles. The Morgan fingerprint density at radius 2 is 1.57 bits per heavy atom. The molecule has 0 aliphatic carbocycles. The van der Waals surface area contributed by atoms with Crippen molar-refractivity contribution in [2.75, 3.05) is 0 Å². The van der Waals surface area contributed by atoms with Gasteiger partial charge in [0.25, 0.3) is 0 Å². The third-order valence-corrected chi connectivity index (χ3v) is 2.87. The molecular weight excluding hydrogens is 243 g/mol. The van der Waals surface area contributed by atoms with Crippen LogP contribution in [0.15, 0.2) is 4.40 Å². The highest BCUT2D eigenvalue weighted by molar-refractivity contribution is 7.91. The Hall–Kier alpha value is -0.300. The fourth-order valence-electron chi connectivity index (χ4n) is 0.294. The van der Waals surface area contributed by atoms with Crippen LogP contribution in [0.4, 0.5) is 13.2 Å². The SMILES string of the molecule is CC(C)(C)/C(Cl)=N/S(=O)(=O)C(F)(F)F. The molecule has 0 atom stereocenters. The normalized spacial score (nSPS) is 15.8. The van der Waals surface area contributed by atoms with Crippen LogP contribution in [0.1, 0.15) is 20.8 Å². The molecule has 8 heteroatoms. The Morgan fingerprint density at radius 1 is 1.21 bits per heavy atom. The number of rotatable bonds is 1. The van der Waals surface area contributed by atoms with Gasteiger partial charge in [-0.25, -0.2) is 0 Å². The molecule has 0 aliphatic rings. The standard InChI is InChI=1S/C6H9ClF3NO2S/c1-5(2,3)4(7)11-14(12,13)6(8,9)10/h1-3H3/b11-4-. The first kappa shape index (κ1) is 13.7. The summed E-state index contributed by atoms with van der Waals surface area (Å²) in [5.41, 5.74) is -6.34. The van der Waals surface area contributed by atoms with Crippen molar-refractivity contribution in [2.24, 2.45) is 9.81 Å². The van der Waals surface area contributed by atoms with E-state index in [-0.39, 0.29) is 0 Å². The lowest BCUT2D eigenvalue weighted by molar-refractivity contribution is -0.0435. The summed E-state index contributed by atoms with van der Waals surface area (Å²) in [5.74, 6) is 0. The topological polar surface area (TPSA) is 46.5 Å². The summed E-state index contributed by atoms with van der Waals surface area (Å²) in [5, 5.41) is -0.602. The summed E-state index contributed by atoms with van der Waals surface area (Å²) < 4.78 is 59.0. The van der Waals surface area contributed by atoms with E-state index < -0.39 is 26.1 Å². The van der Waals surface area contributed by atoms with Crippen LogP contribution in [0, 0.1) is 5.41 Å². The van der Waals surface area contributed by atoms with Crippen molar-refractivity contribution in [1.29, 1.82) is 0 Å². The highest BCUT2D eigenvalue weighted by atomic mass is 35.5. The van der Waals surface area contributed by atoms with E-state index in [9.17, 15) is 21.6 Å². The molecule has 0 spiro atoms. The summed E-state index contributed by atoms with van der Waals surface area (Å²) in [6.07, 6.45) is 0. The van der Waals surface area contributed by atoms with E-state index in [1.807, 2.05) is 0 Å². The molecule has 0 rings (SSSR count). The molecule has 0 saturated carbocycles. The van der Waals surface area contributed by atoms with Gasteiger partial charge < -0.3 is 0 Å². The van der Waals surface area contributed by atoms with Crippen LogP contribution in [-0.4, -0.2) is 19.1 Å². The van der Waals surface area contributed by atoms with Gasteiger partial charge in [0.2, 0.25) is 0 Å². The molecule has 14 heavy (non-hydrogen) atoms. The van der Waals surface area contributed by atoms with Crippen LogP contribution in [0.2, 0.25) is 0 Å². The molecule has 0 aliphatic heterocycles. The van der Waals surface area contributed by atoms with Crippen LogP contribution in [0.25, 0.3) is 0 Å². The average molecular weight is 252 g/mol. The Labute approximate surface area is 85.0 Å². The van der Waals surface area contributed by atoms with E-state index in [2.05, 4.69) is 4.40 Å². The first-order valence-electron chi connectivity index (χ1n) is 3.45. The van der Waals surface area contributed by atoms with E-state index in [1.54, 1.807) is 0 Å². The van der Waals surface area contributed by atoms with Gasteiger partial charge in [0.1, 0.15) is 5.17 Å². The molecule has 0 amide bonds. The molecule has 0 aromatic carbocycles. The quantitative estimate of drug-likeness (QED) is 0.672. The molecule has 0 unspecified atom stereocenters. The van der Waals surface area contributed by atoms with Crippen molar-refractivity contribution in [3.8, 4) is 0 Å². The lowest BCUT2D eigenvalue weighted by Gasteiger charge is -2.15. The maximum Gasteiger partial charge on any atom is 0.518 e. The number of hydrogen-bond donors (Lipinski definition) is 0. The zero-order valence-electron chi connectivity index (χ0n) is 7.68. The third kappa shape index (κ3) is 3.45. The second kappa shape index (κ2) is 3.69. The van der Waals surface area contributed by atoms with Gasteiger partial charge in [-0.15, -0.1) is 4.40 Å². The number of halogens is 4. The van der Waals surface area contributed by atoms with Crippen LogP contribution < -0.4 is 0 Å². The van der Waals surface area contributed by atoms with Crippen molar-refractivity contribution in [3.05, 3.63) is 0 Å². The predicted octanol–water partition coefficient (Wildman–Crippen LogP) is 2.52. The molecule has 0 N–H and O–H groups in total. The van der Waals surface area contributed by atoms with Gasteiger partial charge in [0.15, 0.2) is 0 Å². The van der Waals surface area contributed by atoms with Crippen LogP contribution in [0.5, 0.6) is 0 Å². The number of hydrogen-bond acceptors (Lipinski definition) is 2. The van der Waals surface area contributed by atoms with E-state index in [1.165, 1.54) is 20.8 Å². The van der Waals surface area contributed by atoms with Gasteiger partial charge >= 0.3 is 15.5 Å². The zero-order valence-corrected chi connectivity index (χ0v) is 9.26. The third-order valence-electron chi connectivity index (χ3n) is 1.11. The van der Waals surface area contributed by atoms with Crippen LogP contribution >= 0.6 is 11.6 Å². The molecule has 3 nitrogen and oxygen atoms in total. The van der Waals surface area contributed by atoms with E-state index in [4.69, 9.17) is 11.6 Å². The minimum atomic E-state index is -5.52. The van der Waals surface area contributed by atoms with Crippen molar-refractivity contribution < 1.29 is 21.6 Å². The van der Waals surface area contributed by atoms with Crippen molar-refractivity contribution >= 4 is 26.8 Å². The van der Waals surface area contributed by atoms with Crippen molar-refractivity contribution in [1.82, 2.24) is 0 Å². The molecule has 84 valence electrons. The lowest BCUT2D eigenvalue weighted by atomic mass is 9.99. The number of alkyl halides is 3. The van der Waals surface area contributed by atoms with Crippen LogP contribution in [-0.2, 0) is 10.0 Å². The summed E-state index contributed by atoms with van der Waals surface area (Å²) in [6.45, 7) is 4.35. The second-order valence-corrected chi connectivity index (χ2v) is 5.51. The maximum absolute atomic E-state index is 11.8. The first-order chi connectivity index (χ1) is 5.88. The lowest BCUT2D eigenvalue weighted by Crippen LogP contribution is -2.24. The number of nitrogens with zero attached hydrogens (tertiary/aromatic N) is 1. The molecule has 0 aromatic heterocycles. The maximum atomic E-state index is 11.8. The summed E-state index contributed by atoms with van der Waals surface area (Å²) in [4.78, 5) is 0. The fourth-order valence-corrected chi connectivity index (χ4v) is 1.16. The van der Waals surface area contributed by atoms with Gasteiger partial charge in [0, 0.05) is 5.41 Å². The Balaban J connectivity index is 5.23. The largest absolute Gasteiger partial charge is 0.518 e. The minimum Gasteiger partial charge on any atom is -0.195 e. The monoisotopic (exact) mass is 251 g/mol. The predicted molar refractivity (Wildman–Crippen MR) is 47.7 cm³/mol. The highest BCUT2D eigenvalue weighted by Gasteiger charge is 2.46. The van der Waals surface area contributed by atoms with Gasteiger partial charge in [-0.1, -0.05) is 32.4 Å². The zero-order chi connectivity index (χ0) is 11.8. The fraction of sp³-hybridized carbons (Fsp3) is 0.833. The van der Waals surface area contributed by atoms with Gasteiger partial charge in [0.05, 0.1) is 0 Å². The Morgan fingerprint density at radius 3 is 1.79 bits per heavy atom. The first-order valence-corrected chi connectivity index (χ1v) is 5.27. The minimum absolute atomic E-state index is 0.602. The molecule has 0 fully saturated rings. The molecule has 0 bridgehead atoms. The Kier molecular flexibility index (Phi) is 3.61. The van der Waals surface area contributed by atoms with E-state index in [0.717, 1.165) is 0 Å². The smallest absolute Gasteiger partial charge is 0.195 e. The average Bonchev–Trinajstić information content (AvgIpc) is 1.80. The van der Waals surface area contributed by atoms with Crippen molar-refractivity contribution in [3.63, 3.8) is 0 Å². The highest BCUT2D eigenvalue weighted by Crippen LogP contribution is 2.28. The van der Waals surface area contributed by atoms with Gasteiger partial charge in [-0.2, -0.15) is 21.6 Å². The van der Waals surface area contributed by atoms with Gasteiger partial charge in [-0.3, -0.25) is 0 Å². The van der Waals surface area contributed by atoms with Gasteiger partial charge in [-0.05, 0) is 0 Å². The second-order valence-electron chi connectivity index (χ2n) is 3.55. The summed E-state index contributed by atoms with van der Waals surface area (Å²) in [7, 11) is -5.52. The summed E-state index contributed by atoms with van der Waals surface area (Å²) in [6, 6.07) is 0. The Bertz CT molecular complexity index is 339.